The van der Waals surface area contributed by atoms with Crippen LogP contribution in [0.1, 0.15) is 34.7 Å². The van der Waals surface area contributed by atoms with Crippen LogP contribution in [-0.2, 0) is 9.53 Å². The quantitative estimate of drug-likeness (QED) is 0.822. The summed E-state index contributed by atoms with van der Waals surface area (Å²) in [6.45, 7) is 4.42. The van der Waals surface area contributed by atoms with E-state index in [1.54, 1.807) is 7.11 Å². The van der Waals surface area contributed by atoms with Gasteiger partial charge in [0.05, 0.1) is 18.6 Å². The van der Waals surface area contributed by atoms with E-state index < -0.39 is 0 Å². The molecule has 0 saturated carbocycles. The summed E-state index contributed by atoms with van der Waals surface area (Å²) in [5, 5.41) is 3.13. The van der Waals surface area contributed by atoms with Crippen LogP contribution in [0.2, 0.25) is 0 Å². The number of hydrogen-bond acceptors (Lipinski definition) is 3. The molecule has 0 fully saturated rings. The fourth-order valence-electron chi connectivity index (χ4n) is 2.75. The van der Waals surface area contributed by atoms with E-state index in [1.807, 2.05) is 50.2 Å². The van der Waals surface area contributed by atoms with Gasteiger partial charge in [0.1, 0.15) is 0 Å². The number of aryl methyl sites for hydroxylation is 2. The molecular formula is C20H26N2O2. The molecule has 0 bridgehead atoms. The minimum Gasteiger partial charge on any atom is -0.380 e. The topological polar surface area (TPSA) is 64.3 Å². The van der Waals surface area contributed by atoms with Crippen LogP contribution >= 0.6 is 0 Å². The first-order valence-electron chi connectivity index (χ1n) is 8.19. The van der Waals surface area contributed by atoms with E-state index in [2.05, 4.69) is 17.4 Å². The molecule has 4 nitrogen and oxygen atoms in total. The molecule has 2 aromatic carbocycles. The fourth-order valence-corrected chi connectivity index (χ4v) is 2.75. The predicted octanol–water partition coefficient (Wildman–Crippen LogP) is 2.87. The van der Waals surface area contributed by atoms with Gasteiger partial charge in [-0.1, -0.05) is 59.7 Å². The Bertz CT molecular complexity index is 635. The summed E-state index contributed by atoms with van der Waals surface area (Å²) in [5.74, 6) is -0.0692. The lowest BCUT2D eigenvalue weighted by Gasteiger charge is -2.22. The van der Waals surface area contributed by atoms with Crippen molar-refractivity contribution in [1.82, 2.24) is 5.32 Å². The molecule has 1 amide bonds. The maximum atomic E-state index is 12.5. The van der Waals surface area contributed by atoms with Gasteiger partial charge in [-0.3, -0.25) is 4.79 Å². The summed E-state index contributed by atoms with van der Waals surface area (Å²) in [5.41, 5.74) is 10.1. The highest BCUT2D eigenvalue weighted by atomic mass is 16.5. The summed E-state index contributed by atoms with van der Waals surface area (Å²) in [7, 11) is 1.57. The van der Waals surface area contributed by atoms with Crippen LogP contribution in [0, 0.1) is 13.8 Å². The lowest BCUT2D eigenvalue weighted by atomic mass is 9.96. The molecule has 2 aromatic rings. The Balaban J connectivity index is 2.28. The monoisotopic (exact) mass is 326 g/mol. The summed E-state index contributed by atoms with van der Waals surface area (Å²) < 4.78 is 5.22. The first-order chi connectivity index (χ1) is 11.5. The zero-order valence-corrected chi connectivity index (χ0v) is 14.6. The van der Waals surface area contributed by atoms with E-state index in [-0.39, 0.29) is 24.5 Å². The molecule has 1 unspecified atom stereocenters. The number of ether oxygens (including phenoxy) is 1. The second-order valence-electron chi connectivity index (χ2n) is 6.13. The number of methoxy groups -OCH3 is 1. The highest BCUT2D eigenvalue weighted by Crippen LogP contribution is 2.24. The van der Waals surface area contributed by atoms with Gasteiger partial charge in [0, 0.05) is 13.7 Å². The van der Waals surface area contributed by atoms with E-state index in [1.165, 1.54) is 0 Å². The zero-order valence-electron chi connectivity index (χ0n) is 14.6. The third-order valence-electron chi connectivity index (χ3n) is 4.07. The Morgan fingerprint density at radius 1 is 1.08 bits per heavy atom. The van der Waals surface area contributed by atoms with Crippen LogP contribution in [-0.4, -0.2) is 25.7 Å². The number of nitrogens with two attached hydrogens (primary N) is 1. The molecule has 0 aliphatic rings. The first-order valence-corrected chi connectivity index (χ1v) is 8.19. The molecule has 0 aliphatic carbocycles. The molecule has 0 heterocycles. The number of benzene rings is 2. The van der Waals surface area contributed by atoms with E-state index in [9.17, 15) is 4.79 Å². The Labute approximate surface area is 144 Å². The lowest BCUT2D eigenvalue weighted by Crippen LogP contribution is -2.34. The molecule has 0 aromatic heterocycles. The summed E-state index contributed by atoms with van der Waals surface area (Å²) in [6, 6.07) is 16.2. The SMILES string of the molecule is COC(CN)CC(=O)NC(c1cccc(C)c1)c1cccc(C)c1. The van der Waals surface area contributed by atoms with Crippen molar-refractivity contribution in [2.75, 3.05) is 13.7 Å². The van der Waals surface area contributed by atoms with Crippen LogP contribution in [0.3, 0.4) is 0 Å². The zero-order chi connectivity index (χ0) is 17.5. The van der Waals surface area contributed by atoms with Gasteiger partial charge in [0.25, 0.3) is 0 Å². The van der Waals surface area contributed by atoms with Crippen LogP contribution in [0.15, 0.2) is 48.5 Å². The van der Waals surface area contributed by atoms with Gasteiger partial charge in [-0.2, -0.15) is 0 Å². The number of carbonyl (C=O) groups is 1. The average molecular weight is 326 g/mol. The second-order valence-corrected chi connectivity index (χ2v) is 6.13. The largest absolute Gasteiger partial charge is 0.380 e. The molecule has 0 aliphatic heterocycles. The van der Waals surface area contributed by atoms with Crippen LogP contribution < -0.4 is 11.1 Å². The van der Waals surface area contributed by atoms with Gasteiger partial charge in [-0.25, -0.2) is 0 Å². The Morgan fingerprint density at radius 2 is 1.62 bits per heavy atom. The summed E-state index contributed by atoms with van der Waals surface area (Å²) in [4.78, 5) is 12.5. The predicted molar refractivity (Wildman–Crippen MR) is 96.8 cm³/mol. The lowest BCUT2D eigenvalue weighted by molar-refractivity contribution is -0.123. The number of nitrogens with one attached hydrogen (secondary N) is 1. The minimum atomic E-state index is -0.263. The summed E-state index contributed by atoms with van der Waals surface area (Å²) in [6.07, 6.45) is -0.0121. The minimum absolute atomic E-state index is 0.0692. The molecule has 3 N–H and O–H groups in total. The molecule has 4 heteroatoms. The van der Waals surface area contributed by atoms with Crippen molar-refractivity contribution in [3.8, 4) is 0 Å². The molecule has 1 atom stereocenters. The molecule has 128 valence electrons. The molecule has 0 saturated heterocycles. The fraction of sp³-hybridized carbons (Fsp3) is 0.350. The average Bonchev–Trinajstić information content (AvgIpc) is 2.57. The van der Waals surface area contributed by atoms with Crippen LogP contribution in [0.5, 0.6) is 0 Å². The van der Waals surface area contributed by atoms with Crippen LogP contribution in [0.25, 0.3) is 0 Å². The molecule has 0 radical (unpaired) electrons. The highest BCUT2D eigenvalue weighted by molar-refractivity contribution is 5.77. The van der Waals surface area contributed by atoms with Crippen molar-refractivity contribution in [2.45, 2.75) is 32.4 Å². The number of amides is 1. The van der Waals surface area contributed by atoms with Crippen molar-refractivity contribution < 1.29 is 9.53 Å². The summed E-state index contributed by atoms with van der Waals surface area (Å²) >= 11 is 0. The van der Waals surface area contributed by atoms with Gasteiger partial charge < -0.3 is 15.8 Å². The first kappa shape index (κ1) is 18.2. The van der Waals surface area contributed by atoms with E-state index in [0.29, 0.717) is 6.54 Å². The van der Waals surface area contributed by atoms with Gasteiger partial charge in [0.2, 0.25) is 5.91 Å². The highest BCUT2D eigenvalue weighted by Gasteiger charge is 2.19. The van der Waals surface area contributed by atoms with Crippen molar-refractivity contribution >= 4 is 5.91 Å². The Hall–Kier alpha value is -2.17. The van der Waals surface area contributed by atoms with Crippen molar-refractivity contribution in [3.63, 3.8) is 0 Å². The van der Waals surface area contributed by atoms with Crippen molar-refractivity contribution in [1.29, 1.82) is 0 Å². The third kappa shape index (κ3) is 4.91. The van der Waals surface area contributed by atoms with Gasteiger partial charge in [-0.05, 0) is 25.0 Å². The smallest absolute Gasteiger partial charge is 0.223 e. The van der Waals surface area contributed by atoms with E-state index in [4.69, 9.17) is 10.5 Å². The molecule has 2 rings (SSSR count). The van der Waals surface area contributed by atoms with E-state index >= 15 is 0 Å². The molecular weight excluding hydrogens is 300 g/mol. The number of hydrogen-bond donors (Lipinski definition) is 2. The maximum absolute atomic E-state index is 12.5. The standard InChI is InChI=1S/C20H26N2O2/c1-14-6-4-8-16(10-14)20(17-9-5-7-15(2)11-17)22-19(23)12-18(13-21)24-3/h4-11,18,20H,12-13,21H2,1-3H3,(H,22,23). The Kier molecular flexibility index (Phi) is 6.53. The second kappa shape index (κ2) is 8.62. The number of rotatable bonds is 7. The number of carbonyl (C=O) groups excluding carboxylic acids is 1. The van der Waals surface area contributed by atoms with Crippen molar-refractivity contribution in [2.24, 2.45) is 5.73 Å². The van der Waals surface area contributed by atoms with Gasteiger partial charge in [-0.15, -0.1) is 0 Å². The van der Waals surface area contributed by atoms with Gasteiger partial charge >= 0.3 is 0 Å². The van der Waals surface area contributed by atoms with Gasteiger partial charge in [0.15, 0.2) is 0 Å². The van der Waals surface area contributed by atoms with E-state index in [0.717, 1.165) is 22.3 Å². The van der Waals surface area contributed by atoms with Crippen molar-refractivity contribution in [3.05, 3.63) is 70.8 Å². The maximum Gasteiger partial charge on any atom is 0.223 e. The molecule has 24 heavy (non-hydrogen) atoms. The normalized spacial score (nSPS) is 12.2. The Morgan fingerprint density at radius 3 is 2.04 bits per heavy atom. The van der Waals surface area contributed by atoms with Crippen LogP contribution in [0.4, 0.5) is 0 Å². The molecule has 0 spiro atoms. The third-order valence-corrected chi connectivity index (χ3v) is 4.07.